The molecule has 1 fully saturated rings. The summed E-state index contributed by atoms with van der Waals surface area (Å²) in [5.41, 5.74) is 0.776. The molecule has 1 N–H and O–H groups in total. The summed E-state index contributed by atoms with van der Waals surface area (Å²) < 4.78 is 6.74. The van der Waals surface area contributed by atoms with Gasteiger partial charge in [0.1, 0.15) is 17.2 Å². The van der Waals surface area contributed by atoms with Gasteiger partial charge in [-0.2, -0.15) is 0 Å². The maximum Gasteiger partial charge on any atom is 0.234 e. The molecule has 0 radical (unpaired) electrons. The van der Waals surface area contributed by atoms with Gasteiger partial charge >= 0.3 is 0 Å². The zero-order valence-electron chi connectivity index (χ0n) is 14.7. The van der Waals surface area contributed by atoms with E-state index in [1.165, 1.54) is 11.8 Å². The van der Waals surface area contributed by atoms with Gasteiger partial charge in [0.05, 0.1) is 18.0 Å². The van der Waals surface area contributed by atoms with Crippen LogP contribution in [0.2, 0.25) is 0 Å². The highest BCUT2D eigenvalue weighted by Gasteiger charge is 2.23. The highest BCUT2D eigenvalue weighted by molar-refractivity contribution is 9.10. The van der Waals surface area contributed by atoms with Crippen LogP contribution in [0.15, 0.2) is 46.2 Å². The van der Waals surface area contributed by atoms with Crippen LogP contribution in [0, 0.1) is 0 Å². The lowest BCUT2D eigenvalue weighted by Gasteiger charge is -2.36. The van der Waals surface area contributed by atoms with E-state index in [0.29, 0.717) is 5.75 Å². The summed E-state index contributed by atoms with van der Waals surface area (Å²) in [4.78, 5) is 23.0. The van der Waals surface area contributed by atoms with E-state index in [9.17, 15) is 4.79 Å². The molecular weight excluding hydrogens is 416 g/mol. The number of hydrogen-bond acceptors (Lipinski definition) is 6. The Morgan fingerprint density at radius 2 is 1.96 bits per heavy atom. The predicted molar refractivity (Wildman–Crippen MR) is 108 cm³/mol. The number of rotatable bonds is 5. The molecule has 138 valence electrons. The maximum absolute atomic E-state index is 12.1. The van der Waals surface area contributed by atoms with Crippen molar-refractivity contribution in [2.24, 2.45) is 0 Å². The molecule has 2 heterocycles. The van der Waals surface area contributed by atoms with Crippen LogP contribution in [0.3, 0.4) is 0 Å². The number of carbonyl (C=O) groups is 1. The molecule has 1 aromatic heterocycles. The first-order chi connectivity index (χ1) is 12.5. The van der Waals surface area contributed by atoms with Crippen molar-refractivity contribution in [3.63, 3.8) is 0 Å². The molecule has 1 aliphatic rings. The topological polar surface area (TPSA) is 67.4 Å². The summed E-state index contributed by atoms with van der Waals surface area (Å²) in [6.45, 7) is 5.73. The van der Waals surface area contributed by atoms with Crippen LogP contribution in [0.4, 0.5) is 11.5 Å². The van der Waals surface area contributed by atoms with Crippen molar-refractivity contribution in [3.8, 4) is 0 Å². The lowest BCUT2D eigenvalue weighted by molar-refractivity contribution is -0.113. The highest BCUT2D eigenvalue weighted by Crippen LogP contribution is 2.23. The number of ether oxygens (including phenoxy) is 1. The number of nitrogens with zero attached hydrogens (tertiary/aromatic N) is 3. The Morgan fingerprint density at radius 1 is 1.27 bits per heavy atom. The van der Waals surface area contributed by atoms with E-state index in [4.69, 9.17) is 4.74 Å². The second-order valence-corrected chi connectivity index (χ2v) is 8.13. The van der Waals surface area contributed by atoms with Crippen molar-refractivity contribution < 1.29 is 9.53 Å². The normalized spacial score (nSPS) is 20.0. The Balaban J connectivity index is 1.56. The molecule has 1 aromatic carbocycles. The summed E-state index contributed by atoms with van der Waals surface area (Å²) in [5.74, 6) is 1.10. The van der Waals surface area contributed by atoms with Gasteiger partial charge in [0, 0.05) is 29.3 Å². The van der Waals surface area contributed by atoms with Crippen LogP contribution in [0.5, 0.6) is 0 Å². The number of benzene rings is 1. The minimum atomic E-state index is -0.0638. The van der Waals surface area contributed by atoms with Crippen LogP contribution in [-0.4, -0.2) is 46.9 Å². The quantitative estimate of drug-likeness (QED) is 0.570. The second-order valence-electron chi connectivity index (χ2n) is 6.22. The SMILES string of the molecule is CC1CN(c2cc(SCC(=O)Nc3ccc(Br)cc3)ncn2)CC(C)O1. The summed E-state index contributed by atoms with van der Waals surface area (Å²) in [5, 5.41) is 3.66. The molecule has 0 saturated carbocycles. The first kappa shape index (κ1) is 19.1. The second kappa shape index (κ2) is 8.83. The molecule has 8 heteroatoms. The summed E-state index contributed by atoms with van der Waals surface area (Å²) in [6.07, 6.45) is 1.89. The minimum absolute atomic E-state index is 0.0638. The zero-order chi connectivity index (χ0) is 18.5. The van der Waals surface area contributed by atoms with E-state index >= 15 is 0 Å². The predicted octanol–water partition coefficient (Wildman–Crippen LogP) is 3.58. The van der Waals surface area contributed by atoms with E-state index in [1.807, 2.05) is 30.3 Å². The lowest BCUT2D eigenvalue weighted by Crippen LogP contribution is -2.45. The number of amides is 1. The fraction of sp³-hybridized carbons (Fsp3) is 0.389. The number of nitrogens with one attached hydrogen (secondary N) is 1. The van der Waals surface area contributed by atoms with Crippen LogP contribution in [0.25, 0.3) is 0 Å². The number of halogens is 1. The van der Waals surface area contributed by atoms with E-state index in [2.05, 4.69) is 50.0 Å². The van der Waals surface area contributed by atoms with Gasteiger partial charge in [-0.3, -0.25) is 4.79 Å². The van der Waals surface area contributed by atoms with Gasteiger partial charge in [0.15, 0.2) is 0 Å². The molecule has 2 unspecified atom stereocenters. The molecule has 6 nitrogen and oxygen atoms in total. The summed E-state index contributed by atoms with van der Waals surface area (Å²) in [6, 6.07) is 9.43. The highest BCUT2D eigenvalue weighted by atomic mass is 79.9. The van der Waals surface area contributed by atoms with E-state index in [1.54, 1.807) is 6.33 Å². The Hall–Kier alpha value is -1.64. The standard InChI is InChI=1S/C18H21BrN4O2S/c1-12-8-23(9-13(2)25-12)16-7-18(21-11-20-16)26-10-17(24)22-15-5-3-14(19)4-6-15/h3-7,11-13H,8-10H2,1-2H3,(H,22,24). The monoisotopic (exact) mass is 436 g/mol. The van der Waals surface area contributed by atoms with E-state index in [0.717, 1.165) is 34.1 Å². The van der Waals surface area contributed by atoms with Crippen molar-refractivity contribution in [2.75, 3.05) is 29.1 Å². The van der Waals surface area contributed by atoms with Gasteiger partial charge in [0.2, 0.25) is 5.91 Å². The Morgan fingerprint density at radius 3 is 2.65 bits per heavy atom. The average Bonchev–Trinajstić information content (AvgIpc) is 2.61. The summed E-state index contributed by atoms with van der Waals surface area (Å²) >= 11 is 4.78. The third kappa shape index (κ3) is 5.43. The Bertz CT molecular complexity index is 749. The minimum Gasteiger partial charge on any atom is -0.372 e. The van der Waals surface area contributed by atoms with Crippen molar-refractivity contribution in [1.82, 2.24) is 9.97 Å². The molecular formula is C18H21BrN4O2S. The van der Waals surface area contributed by atoms with Crippen LogP contribution >= 0.6 is 27.7 Å². The Kier molecular flexibility index (Phi) is 6.50. The molecule has 1 saturated heterocycles. The van der Waals surface area contributed by atoms with Crippen molar-refractivity contribution in [2.45, 2.75) is 31.1 Å². The molecule has 2 atom stereocenters. The van der Waals surface area contributed by atoms with Gasteiger partial charge in [-0.05, 0) is 38.1 Å². The van der Waals surface area contributed by atoms with Crippen LogP contribution in [-0.2, 0) is 9.53 Å². The largest absolute Gasteiger partial charge is 0.372 e. The molecule has 26 heavy (non-hydrogen) atoms. The zero-order valence-corrected chi connectivity index (χ0v) is 17.1. The number of thioether (sulfide) groups is 1. The fourth-order valence-corrected chi connectivity index (χ4v) is 3.74. The smallest absolute Gasteiger partial charge is 0.234 e. The van der Waals surface area contributed by atoms with Gasteiger partial charge < -0.3 is 15.0 Å². The molecule has 0 bridgehead atoms. The first-order valence-electron chi connectivity index (χ1n) is 8.40. The fourth-order valence-electron chi connectivity index (χ4n) is 2.82. The molecule has 0 spiro atoms. The number of anilines is 2. The van der Waals surface area contributed by atoms with Gasteiger partial charge in [-0.15, -0.1) is 0 Å². The van der Waals surface area contributed by atoms with E-state index in [-0.39, 0.29) is 18.1 Å². The molecule has 3 rings (SSSR count). The third-order valence-corrected chi connectivity index (χ3v) is 5.30. The molecule has 1 aliphatic heterocycles. The molecule has 0 aliphatic carbocycles. The third-order valence-electron chi connectivity index (χ3n) is 3.85. The van der Waals surface area contributed by atoms with Gasteiger partial charge in [-0.25, -0.2) is 9.97 Å². The number of hydrogen-bond donors (Lipinski definition) is 1. The van der Waals surface area contributed by atoms with Crippen molar-refractivity contribution >= 4 is 45.1 Å². The van der Waals surface area contributed by atoms with Crippen molar-refractivity contribution in [3.05, 3.63) is 41.1 Å². The van der Waals surface area contributed by atoms with E-state index < -0.39 is 0 Å². The summed E-state index contributed by atoms with van der Waals surface area (Å²) in [7, 11) is 0. The number of aromatic nitrogens is 2. The number of carbonyl (C=O) groups excluding carboxylic acids is 1. The first-order valence-corrected chi connectivity index (χ1v) is 10.2. The van der Waals surface area contributed by atoms with Crippen LogP contribution in [0.1, 0.15) is 13.8 Å². The lowest BCUT2D eigenvalue weighted by atomic mass is 10.2. The molecule has 1 amide bonds. The van der Waals surface area contributed by atoms with Gasteiger partial charge in [-0.1, -0.05) is 27.7 Å². The molecule has 2 aromatic rings. The maximum atomic E-state index is 12.1. The van der Waals surface area contributed by atoms with Crippen LogP contribution < -0.4 is 10.2 Å². The van der Waals surface area contributed by atoms with Crippen molar-refractivity contribution in [1.29, 1.82) is 0 Å². The average molecular weight is 437 g/mol. The van der Waals surface area contributed by atoms with Gasteiger partial charge in [0.25, 0.3) is 0 Å². The number of morpholine rings is 1. The Labute approximate surface area is 165 Å².